The van der Waals surface area contributed by atoms with Gasteiger partial charge in [-0.3, -0.25) is 14.6 Å². The molecule has 0 aliphatic carbocycles. The first-order valence-corrected chi connectivity index (χ1v) is 12.2. The van der Waals surface area contributed by atoms with Crippen molar-refractivity contribution in [3.8, 4) is 22.3 Å². The van der Waals surface area contributed by atoms with Gasteiger partial charge in [0.2, 0.25) is 0 Å². The van der Waals surface area contributed by atoms with Crippen LogP contribution in [-0.2, 0) is 11.3 Å². The molecule has 1 aromatic heterocycles. The van der Waals surface area contributed by atoms with Crippen molar-refractivity contribution in [2.75, 3.05) is 5.32 Å². The molecule has 2 N–H and O–H groups in total. The number of carboxylic acid groups (broad SMARTS) is 1. The van der Waals surface area contributed by atoms with Crippen molar-refractivity contribution in [1.29, 1.82) is 0 Å². The standard InChI is InChI=1S/C29H24Cl2N2O3/c30-23-10-4-19(5-11-23)20-7-13-25(14-8-20)32-17-21-6-12-24(31)16-26(21)22-9-15-27(33-18-22)28(34)2-1-3-29(35)36/h4-16,18,32H,1-3,17H2,(H,35,36). The molecule has 0 saturated heterocycles. The first kappa shape index (κ1) is 25.4. The number of carboxylic acids is 1. The van der Waals surface area contributed by atoms with Gasteiger partial charge in [0.05, 0.1) is 0 Å². The van der Waals surface area contributed by atoms with Gasteiger partial charge in [-0.1, -0.05) is 59.6 Å². The average Bonchev–Trinajstić information content (AvgIpc) is 2.88. The largest absolute Gasteiger partial charge is 0.481 e. The lowest BCUT2D eigenvalue weighted by Crippen LogP contribution is -2.04. The highest BCUT2D eigenvalue weighted by Gasteiger charge is 2.11. The van der Waals surface area contributed by atoms with E-state index in [2.05, 4.69) is 22.4 Å². The summed E-state index contributed by atoms with van der Waals surface area (Å²) in [5.41, 5.74) is 6.30. The summed E-state index contributed by atoms with van der Waals surface area (Å²) < 4.78 is 0. The van der Waals surface area contributed by atoms with Crippen LogP contribution in [0.4, 0.5) is 5.69 Å². The number of halogens is 2. The highest BCUT2D eigenvalue weighted by molar-refractivity contribution is 6.31. The van der Waals surface area contributed by atoms with Gasteiger partial charge in [-0.2, -0.15) is 0 Å². The summed E-state index contributed by atoms with van der Waals surface area (Å²) in [5.74, 6) is -1.08. The van der Waals surface area contributed by atoms with Gasteiger partial charge < -0.3 is 10.4 Å². The molecule has 0 radical (unpaired) electrons. The first-order chi connectivity index (χ1) is 17.4. The summed E-state index contributed by atoms with van der Waals surface area (Å²) in [7, 11) is 0. The molecule has 182 valence electrons. The summed E-state index contributed by atoms with van der Waals surface area (Å²) in [6, 6.07) is 25.1. The van der Waals surface area contributed by atoms with Gasteiger partial charge in [-0.05, 0) is 71.1 Å². The molecule has 0 amide bonds. The van der Waals surface area contributed by atoms with E-state index in [4.69, 9.17) is 28.3 Å². The SMILES string of the molecule is O=C(O)CCCC(=O)c1ccc(-c2cc(Cl)ccc2CNc2ccc(-c3ccc(Cl)cc3)cc2)cn1. The van der Waals surface area contributed by atoms with E-state index in [9.17, 15) is 9.59 Å². The number of nitrogens with one attached hydrogen (secondary N) is 1. The van der Waals surface area contributed by atoms with Gasteiger partial charge in [0.25, 0.3) is 0 Å². The van der Waals surface area contributed by atoms with Crippen molar-refractivity contribution in [1.82, 2.24) is 4.98 Å². The number of hydrogen-bond acceptors (Lipinski definition) is 4. The van der Waals surface area contributed by atoms with Gasteiger partial charge in [0.15, 0.2) is 5.78 Å². The molecule has 1 heterocycles. The highest BCUT2D eigenvalue weighted by atomic mass is 35.5. The topological polar surface area (TPSA) is 79.3 Å². The van der Waals surface area contributed by atoms with Gasteiger partial charge in [0, 0.05) is 46.9 Å². The van der Waals surface area contributed by atoms with Crippen molar-refractivity contribution in [2.24, 2.45) is 0 Å². The van der Waals surface area contributed by atoms with Crippen molar-refractivity contribution in [2.45, 2.75) is 25.8 Å². The Hall–Kier alpha value is -3.67. The number of ketones is 1. The highest BCUT2D eigenvalue weighted by Crippen LogP contribution is 2.28. The van der Waals surface area contributed by atoms with Crippen LogP contribution in [0, 0.1) is 0 Å². The predicted octanol–water partition coefficient (Wildman–Crippen LogP) is 7.77. The fraction of sp³-hybridized carbons (Fsp3) is 0.138. The Kier molecular flexibility index (Phi) is 8.36. The molecule has 0 aliphatic rings. The summed E-state index contributed by atoms with van der Waals surface area (Å²) in [6.45, 7) is 0.572. The zero-order chi connectivity index (χ0) is 25.5. The maximum Gasteiger partial charge on any atom is 0.303 e. The molecule has 0 unspecified atom stereocenters. The fourth-order valence-corrected chi connectivity index (χ4v) is 4.14. The zero-order valence-corrected chi connectivity index (χ0v) is 20.9. The number of anilines is 1. The van der Waals surface area contributed by atoms with E-state index >= 15 is 0 Å². The molecule has 3 aromatic carbocycles. The Balaban J connectivity index is 1.45. The van der Waals surface area contributed by atoms with Crippen LogP contribution in [-0.4, -0.2) is 21.8 Å². The van der Waals surface area contributed by atoms with Crippen LogP contribution in [0.5, 0.6) is 0 Å². The Bertz CT molecular complexity index is 1350. The molecule has 4 rings (SSSR count). The van der Waals surface area contributed by atoms with Gasteiger partial charge in [-0.25, -0.2) is 0 Å². The molecular formula is C29H24Cl2N2O3. The molecule has 4 aromatic rings. The molecule has 0 aliphatic heterocycles. The Morgan fingerprint density at radius 1 is 0.778 bits per heavy atom. The predicted molar refractivity (Wildman–Crippen MR) is 145 cm³/mol. The first-order valence-electron chi connectivity index (χ1n) is 11.5. The lowest BCUT2D eigenvalue weighted by Gasteiger charge is -2.13. The van der Waals surface area contributed by atoms with Gasteiger partial charge in [0.1, 0.15) is 5.69 Å². The van der Waals surface area contributed by atoms with E-state index in [0.29, 0.717) is 28.7 Å². The minimum atomic E-state index is -0.911. The van der Waals surface area contributed by atoms with Crippen molar-refractivity contribution in [3.05, 3.63) is 106 Å². The molecule has 0 atom stereocenters. The van der Waals surface area contributed by atoms with Crippen molar-refractivity contribution >= 4 is 40.6 Å². The Labute approximate surface area is 219 Å². The molecular weight excluding hydrogens is 495 g/mol. The number of nitrogens with zero attached hydrogens (tertiary/aromatic N) is 1. The number of Topliss-reactive ketones (excluding diaryl/α,β-unsaturated/α-hetero) is 1. The Morgan fingerprint density at radius 3 is 2.06 bits per heavy atom. The lowest BCUT2D eigenvalue weighted by atomic mass is 10.00. The summed E-state index contributed by atoms with van der Waals surface area (Å²) in [4.78, 5) is 27.3. The van der Waals surface area contributed by atoms with Crippen molar-refractivity contribution < 1.29 is 14.7 Å². The van der Waals surface area contributed by atoms with E-state index in [1.54, 1.807) is 12.3 Å². The number of carbonyl (C=O) groups excluding carboxylic acids is 1. The van der Waals surface area contributed by atoms with Crippen LogP contribution >= 0.6 is 23.2 Å². The monoisotopic (exact) mass is 518 g/mol. The van der Waals surface area contributed by atoms with E-state index in [-0.39, 0.29) is 18.6 Å². The fourth-order valence-electron chi connectivity index (χ4n) is 3.84. The number of carbonyl (C=O) groups is 2. The normalized spacial score (nSPS) is 10.7. The zero-order valence-electron chi connectivity index (χ0n) is 19.4. The third kappa shape index (κ3) is 6.72. The number of pyridine rings is 1. The minimum Gasteiger partial charge on any atom is -0.481 e. The molecule has 0 saturated carbocycles. The van der Waals surface area contributed by atoms with Crippen LogP contribution < -0.4 is 5.32 Å². The maximum absolute atomic E-state index is 12.3. The maximum atomic E-state index is 12.3. The molecule has 36 heavy (non-hydrogen) atoms. The molecule has 0 spiro atoms. The number of benzene rings is 3. The quantitative estimate of drug-likeness (QED) is 0.209. The molecule has 0 bridgehead atoms. The average molecular weight is 519 g/mol. The Morgan fingerprint density at radius 2 is 1.42 bits per heavy atom. The van der Waals surface area contributed by atoms with E-state index in [0.717, 1.165) is 33.5 Å². The van der Waals surface area contributed by atoms with Crippen LogP contribution in [0.1, 0.15) is 35.3 Å². The van der Waals surface area contributed by atoms with Crippen LogP contribution in [0.3, 0.4) is 0 Å². The van der Waals surface area contributed by atoms with Crippen LogP contribution in [0.2, 0.25) is 10.0 Å². The number of hydrogen-bond donors (Lipinski definition) is 2. The van der Waals surface area contributed by atoms with Gasteiger partial charge in [-0.15, -0.1) is 0 Å². The van der Waals surface area contributed by atoms with Crippen molar-refractivity contribution in [3.63, 3.8) is 0 Å². The number of rotatable bonds is 10. The molecule has 5 nitrogen and oxygen atoms in total. The van der Waals surface area contributed by atoms with Crippen LogP contribution in [0.15, 0.2) is 85.1 Å². The second-order valence-electron chi connectivity index (χ2n) is 8.34. The number of aliphatic carboxylic acids is 1. The molecule has 7 heteroatoms. The molecule has 0 fully saturated rings. The summed E-state index contributed by atoms with van der Waals surface area (Å²) in [6.07, 6.45) is 2.07. The van der Waals surface area contributed by atoms with Crippen LogP contribution in [0.25, 0.3) is 22.3 Å². The van der Waals surface area contributed by atoms with E-state index in [1.165, 1.54) is 0 Å². The van der Waals surface area contributed by atoms with Gasteiger partial charge >= 0.3 is 5.97 Å². The number of aromatic nitrogens is 1. The smallest absolute Gasteiger partial charge is 0.303 e. The minimum absolute atomic E-state index is 0.0352. The summed E-state index contributed by atoms with van der Waals surface area (Å²) >= 11 is 12.3. The lowest BCUT2D eigenvalue weighted by molar-refractivity contribution is -0.137. The third-order valence-electron chi connectivity index (χ3n) is 5.77. The van der Waals surface area contributed by atoms with E-state index < -0.39 is 5.97 Å². The van der Waals surface area contributed by atoms with E-state index in [1.807, 2.05) is 60.7 Å². The third-order valence-corrected chi connectivity index (χ3v) is 6.26. The second kappa shape index (κ2) is 11.8. The second-order valence-corrected chi connectivity index (χ2v) is 9.21. The summed E-state index contributed by atoms with van der Waals surface area (Å²) in [5, 5.41) is 13.5.